The van der Waals surface area contributed by atoms with Gasteiger partial charge in [-0.3, -0.25) is 9.69 Å². The Morgan fingerprint density at radius 1 is 1.45 bits per heavy atom. The topological polar surface area (TPSA) is 76.4 Å². The third-order valence-corrected chi connectivity index (χ3v) is 3.35. The number of rotatable bonds is 2. The summed E-state index contributed by atoms with van der Waals surface area (Å²) >= 11 is 0. The quantitative estimate of drug-likeness (QED) is 0.823. The van der Waals surface area contributed by atoms with E-state index in [2.05, 4.69) is 11.4 Å². The van der Waals surface area contributed by atoms with Crippen molar-refractivity contribution >= 4 is 11.6 Å². The lowest BCUT2D eigenvalue weighted by Crippen LogP contribution is -2.26. The van der Waals surface area contributed by atoms with Gasteiger partial charge < -0.3 is 10.4 Å². The predicted molar refractivity (Wildman–Crippen MR) is 78.1 cm³/mol. The zero-order chi connectivity index (χ0) is 16.9. The van der Waals surface area contributed by atoms with Crippen molar-refractivity contribution in [3.05, 3.63) is 23.8 Å². The number of hydrogen-bond acceptors (Lipinski definition) is 4. The van der Waals surface area contributed by atoms with Crippen LogP contribution in [0.15, 0.2) is 12.1 Å². The summed E-state index contributed by atoms with van der Waals surface area (Å²) < 4.78 is 26.3. The Kier molecular flexibility index (Phi) is 6.25. The highest BCUT2D eigenvalue weighted by Crippen LogP contribution is 2.29. The fourth-order valence-electron chi connectivity index (χ4n) is 2.25. The molecule has 2 rings (SSSR count). The first kappa shape index (κ1) is 17.9. The number of nitrogens with one attached hydrogen (secondary N) is 1. The van der Waals surface area contributed by atoms with Gasteiger partial charge >= 0.3 is 0 Å². The summed E-state index contributed by atoms with van der Waals surface area (Å²) in [5.41, 5.74) is -0.445. The molecule has 1 aromatic carbocycles. The monoisotopic (exact) mass is 311 g/mol. The molecule has 1 heterocycles. The van der Waals surface area contributed by atoms with Crippen molar-refractivity contribution in [2.45, 2.75) is 26.3 Å². The van der Waals surface area contributed by atoms with E-state index >= 15 is 0 Å². The van der Waals surface area contributed by atoms with Crippen LogP contribution in [0.3, 0.4) is 0 Å². The maximum Gasteiger partial charge on any atom is 0.229 e. The lowest BCUT2D eigenvalue weighted by molar-refractivity contribution is -0.119. The molecule has 1 aromatic rings. The minimum absolute atomic E-state index is 0.336. The fourth-order valence-corrected chi connectivity index (χ4v) is 2.25. The molecule has 120 valence electrons. The SMILES string of the molecule is CC.CN1CC(C(=O)Nc2c(O)cc(F)cc2F)CC1C#N. The van der Waals surface area contributed by atoms with Gasteiger partial charge in [0, 0.05) is 18.7 Å². The first-order valence-corrected chi connectivity index (χ1v) is 7.01. The highest BCUT2D eigenvalue weighted by atomic mass is 19.1. The first-order chi connectivity index (χ1) is 10.4. The van der Waals surface area contributed by atoms with E-state index in [-0.39, 0.29) is 6.04 Å². The van der Waals surface area contributed by atoms with Crippen LogP contribution in [0.25, 0.3) is 0 Å². The van der Waals surface area contributed by atoms with E-state index in [1.54, 1.807) is 11.9 Å². The third kappa shape index (κ3) is 3.92. The van der Waals surface area contributed by atoms with Gasteiger partial charge in [0.25, 0.3) is 0 Å². The van der Waals surface area contributed by atoms with Crippen molar-refractivity contribution in [2.75, 3.05) is 18.9 Å². The number of nitrogens with zero attached hydrogens (tertiary/aromatic N) is 2. The van der Waals surface area contributed by atoms with E-state index in [0.717, 1.165) is 6.07 Å². The molecule has 5 nitrogen and oxygen atoms in total. The summed E-state index contributed by atoms with van der Waals surface area (Å²) in [4.78, 5) is 13.7. The summed E-state index contributed by atoms with van der Waals surface area (Å²) in [6.45, 7) is 4.37. The Balaban J connectivity index is 0.00000116. The van der Waals surface area contributed by atoms with Gasteiger partial charge in [-0.05, 0) is 13.5 Å². The van der Waals surface area contributed by atoms with Crippen molar-refractivity contribution in [3.8, 4) is 11.8 Å². The van der Waals surface area contributed by atoms with Crippen molar-refractivity contribution in [2.24, 2.45) is 5.92 Å². The maximum atomic E-state index is 13.5. The molecule has 0 bridgehead atoms. The van der Waals surface area contributed by atoms with Crippen LogP contribution in [-0.2, 0) is 4.79 Å². The molecule has 0 aliphatic carbocycles. The smallest absolute Gasteiger partial charge is 0.229 e. The van der Waals surface area contributed by atoms with Crippen LogP contribution in [0.5, 0.6) is 5.75 Å². The van der Waals surface area contributed by atoms with Gasteiger partial charge in [0.15, 0.2) is 5.82 Å². The number of benzene rings is 1. The molecule has 0 radical (unpaired) electrons. The van der Waals surface area contributed by atoms with Gasteiger partial charge in [-0.1, -0.05) is 13.8 Å². The van der Waals surface area contributed by atoms with E-state index in [4.69, 9.17) is 5.26 Å². The molecule has 1 amide bonds. The Bertz CT molecular complexity index is 564. The summed E-state index contributed by atoms with van der Waals surface area (Å²) in [5, 5.41) is 20.6. The van der Waals surface area contributed by atoms with Crippen LogP contribution in [0, 0.1) is 28.9 Å². The molecule has 1 aliphatic heterocycles. The van der Waals surface area contributed by atoms with Gasteiger partial charge in [-0.15, -0.1) is 0 Å². The Hall–Kier alpha value is -2.20. The molecular formula is C15H19F2N3O2. The van der Waals surface area contributed by atoms with Crippen LogP contribution < -0.4 is 5.32 Å². The number of carbonyl (C=O) groups is 1. The second-order valence-corrected chi connectivity index (χ2v) is 4.79. The van der Waals surface area contributed by atoms with E-state index in [9.17, 15) is 18.7 Å². The largest absolute Gasteiger partial charge is 0.506 e. The molecule has 2 N–H and O–H groups in total. The summed E-state index contributed by atoms with van der Waals surface area (Å²) in [7, 11) is 1.72. The molecule has 0 spiro atoms. The third-order valence-electron chi connectivity index (χ3n) is 3.35. The number of amides is 1. The van der Waals surface area contributed by atoms with Gasteiger partial charge in [-0.25, -0.2) is 8.78 Å². The molecule has 1 saturated heterocycles. The Morgan fingerprint density at radius 3 is 2.59 bits per heavy atom. The molecule has 7 heteroatoms. The summed E-state index contributed by atoms with van der Waals surface area (Å²) in [5.74, 6) is -3.62. The average Bonchev–Trinajstić information content (AvgIpc) is 2.86. The Morgan fingerprint density at radius 2 is 2.09 bits per heavy atom. The van der Waals surface area contributed by atoms with Gasteiger partial charge in [0.1, 0.15) is 17.3 Å². The van der Waals surface area contributed by atoms with Crippen molar-refractivity contribution < 1.29 is 18.7 Å². The molecule has 2 unspecified atom stereocenters. The van der Waals surface area contributed by atoms with Crippen molar-refractivity contribution in [1.29, 1.82) is 5.26 Å². The number of halogens is 2. The lowest BCUT2D eigenvalue weighted by atomic mass is 10.1. The van der Waals surface area contributed by atoms with Gasteiger partial charge in [0.05, 0.1) is 18.0 Å². The van der Waals surface area contributed by atoms with E-state index in [1.165, 1.54) is 0 Å². The highest BCUT2D eigenvalue weighted by molar-refractivity contribution is 5.94. The second-order valence-electron chi connectivity index (χ2n) is 4.79. The standard InChI is InChI=1S/C13H13F2N3O2.C2H6/c1-18-6-7(2-9(18)5-16)13(20)17-12-10(15)3-8(14)4-11(12)19;1-2/h3-4,7,9,19H,2,6H2,1H3,(H,17,20);1-2H3. The van der Waals surface area contributed by atoms with Gasteiger partial charge in [-0.2, -0.15) is 5.26 Å². The van der Waals surface area contributed by atoms with Gasteiger partial charge in [0.2, 0.25) is 5.91 Å². The number of carbonyl (C=O) groups excluding carboxylic acids is 1. The zero-order valence-electron chi connectivity index (χ0n) is 12.7. The van der Waals surface area contributed by atoms with Crippen LogP contribution in [-0.4, -0.2) is 35.5 Å². The van der Waals surface area contributed by atoms with Crippen molar-refractivity contribution in [1.82, 2.24) is 4.90 Å². The Labute approximate surface area is 128 Å². The summed E-state index contributed by atoms with van der Waals surface area (Å²) in [6, 6.07) is 3.00. The second kappa shape index (κ2) is 7.71. The number of anilines is 1. The number of hydrogen-bond donors (Lipinski definition) is 2. The number of phenolic OH excluding ortho intramolecular Hbond substituents is 1. The molecule has 1 aliphatic rings. The zero-order valence-corrected chi connectivity index (χ0v) is 12.7. The predicted octanol–water partition coefficient (Wildman–Crippen LogP) is 2.48. The van der Waals surface area contributed by atoms with E-state index in [0.29, 0.717) is 19.0 Å². The number of aromatic hydroxyl groups is 1. The number of likely N-dealkylation sites (tertiary alicyclic amines) is 1. The average molecular weight is 311 g/mol. The van der Waals surface area contributed by atoms with Crippen molar-refractivity contribution in [3.63, 3.8) is 0 Å². The molecule has 0 saturated carbocycles. The molecule has 0 aromatic heterocycles. The minimum atomic E-state index is -1.04. The maximum absolute atomic E-state index is 13.5. The van der Waals surface area contributed by atoms with Crippen LogP contribution >= 0.6 is 0 Å². The molecule has 22 heavy (non-hydrogen) atoms. The van der Waals surface area contributed by atoms with Crippen LogP contribution in [0.2, 0.25) is 0 Å². The van der Waals surface area contributed by atoms with E-state index in [1.807, 2.05) is 13.8 Å². The molecular weight excluding hydrogens is 292 g/mol. The fraction of sp³-hybridized carbons (Fsp3) is 0.467. The van der Waals surface area contributed by atoms with Crippen LogP contribution in [0.1, 0.15) is 20.3 Å². The lowest BCUT2D eigenvalue weighted by Gasteiger charge is -2.13. The van der Waals surface area contributed by atoms with E-state index < -0.39 is 34.9 Å². The molecule has 2 atom stereocenters. The number of phenols is 1. The minimum Gasteiger partial charge on any atom is -0.506 e. The molecule has 1 fully saturated rings. The normalized spacial score (nSPS) is 20.7. The summed E-state index contributed by atoms with van der Waals surface area (Å²) in [6.07, 6.45) is 0.336. The van der Waals surface area contributed by atoms with Crippen LogP contribution in [0.4, 0.5) is 14.5 Å². The highest BCUT2D eigenvalue weighted by Gasteiger charge is 2.34. The first-order valence-electron chi connectivity index (χ1n) is 7.01. The number of nitriles is 1.